The lowest BCUT2D eigenvalue weighted by Crippen LogP contribution is -2.04. The van der Waals surface area contributed by atoms with Gasteiger partial charge in [0.05, 0.1) is 11.4 Å². The van der Waals surface area contributed by atoms with Crippen molar-refractivity contribution in [2.45, 2.75) is 19.9 Å². The molecule has 0 aliphatic carbocycles. The molecule has 2 aromatic rings. The monoisotopic (exact) mass is 269 g/mol. The van der Waals surface area contributed by atoms with E-state index in [2.05, 4.69) is 10.4 Å². The van der Waals surface area contributed by atoms with Gasteiger partial charge in [-0.25, -0.2) is 13.2 Å². The highest BCUT2D eigenvalue weighted by Gasteiger charge is 2.12. The van der Waals surface area contributed by atoms with Crippen LogP contribution in [0.4, 0.5) is 18.9 Å². The molecular formula is C13H14F3N3. The van der Waals surface area contributed by atoms with Crippen molar-refractivity contribution in [2.75, 3.05) is 5.32 Å². The smallest absolute Gasteiger partial charge is 0.182 e. The average Bonchev–Trinajstić information content (AvgIpc) is 2.72. The molecule has 0 bridgehead atoms. The highest BCUT2D eigenvalue weighted by atomic mass is 19.2. The second kappa shape index (κ2) is 5.34. The molecule has 0 saturated heterocycles. The van der Waals surface area contributed by atoms with E-state index in [1.807, 2.05) is 6.92 Å². The average molecular weight is 269 g/mol. The summed E-state index contributed by atoms with van der Waals surface area (Å²) in [5.74, 6) is -3.10. The Morgan fingerprint density at radius 2 is 2.00 bits per heavy atom. The quantitative estimate of drug-likeness (QED) is 0.865. The predicted octanol–water partition coefficient (Wildman–Crippen LogP) is 3.01. The zero-order valence-corrected chi connectivity index (χ0v) is 10.7. The molecule has 0 radical (unpaired) electrons. The van der Waals surface area contributed by atoms with Crippen molar-refractivity contribution in [3.63, 3.8) is 0 Å². The molecule has 0 saturated carbocycles. The lowest BCUT2D eigenvalue weighted by atomic mass is 10.2. The summed E-state index contributed by atoms with van der Waals surface area (Å²) < 4.78 is 41.2. The molecule has 19 heavy (non-hydrogen) atoms. The summed E-state index contributed by atoms with van der Waals surface area (Å²) in [7, 11) is 1.78. The topological polar surface area (TPSA) is 29.9 Å². The first-order valence-electron chi connectivity index (χ1n) is 5.91. The van der Waals surface area contributed by atoms with Gasteiger partial charge >= 0.3 is 0 Å². The summed E-state index contributed by atoms with van der Waals surface area (Å²) in [5, 5.41) is 6.92. The number of aryl methyl sites for hydroxylation is 2. The molecule has 1 heterocycles. The summed E-state index contributed by atoms with van der Waals surface area (Å²) in [4.78, 5) is 0. The Labute approximate surface area is 109 Å². The van der Waals surface area contributed by atoms with E-state index in [0.717, 1.165) is 23.7 Å². The fourth-order valence-electron chi connectivity index (χ4n) is 1.90. The molecule has 0 amide bonds. The van der Waals surface area contributed by atoms with E-state index in [9.17, 15) is 13.2 Å². The van der Waals surface area contributed by atoms with Crippen molar-refractivity contribution < 1.29 is 13.2 Å². The number of hydrogen-bond acceptors (Lipinski definition) is 2. The first-order valence-corrected chi connectivity index (χ1v) is 5.91. The molecule has 1 aromatic carbocycles. The molecule has 6 heteroatoms. The van der Waals surface area contributed by atoms with Crippen molar-refractivity contribution >= 4 is 5.69 Å². The first kappa shape index (κ1) is 13.5. The molecule has 0 spiro atoms. The van der Waals surface area contributed by atoms with Crippen molar-refractivity contribution in [2.24, 2.45) is 7.05 Å². The van der Waals surface area contributed by atoms with Crippen LogP contribution in [0.3, 0.4) is 0 Å². The Morgan fingerprint density at radius 3 is 2.68 bits per heavy atom. The largest absolute Gasteiger partial charge is 0.378 e. The van der Waals surface area contributed by atoms with Gasteiger partial charge < -0.3 is 5.32 Å². The molecule has 0 fully saturated rings. The number of benzene rings is 1. The van der Waals surface area contributed by atoms with Crippen molar-refractivity contribution in [1.29, 1.82) is 0 Å². The maximum Gasteiger partial charge on any atom is 0.182 e. The predicted molar refractivity (Wildman–Crippen MR) is 66.2 cm³/mol. The van der Waals surface area contributed by atoms with Gasteiger partial charge in [-0.3, -0.25) is 4.68 Å². The molecular weight excluding hydrogens is 255 g/mol. The van der Waals surface area contributed by atoms with Crippen molar-refractivity contribution in [3.05, 3.63) is 47.0 Å². The minimum atomic E-state index is -1.20. The van der Waals surface area contributed by atoms with E-state index >= 15 is 0 Å². The van der Waals surface area contributed by atoms with E-state index in [-0.39, 0.29) is 12.2 Å². The summed E-state index contributed by atoms with van der Waals surface area (Å²) in [6, 6.07) is 1.45. The van der Waals surface area contributed by atoms with Crippen LogP contribution in [0.2, 0.25) is 0 Å². The van der Waals surface area contributed by atoms with E-state index in [0.29, 0.717) is 6.07 Å². The zero-order valence-electron chi connectivity index (χ0n) is 10.7. The van der Waals surface area contributed by atoms with Gasteiger partial charge in [0.1, 0.15) is 5.82 Å². The second-order valence-electron chi connectivity index (χ2n) is 4.23. The Balaban J connectivity index is 2.18. The number of halogens is 3. The number of nitrogens with zero attached hydrogens (tertiary/aromatic N) is 2. The SMILES string of the molecule is CCc1nn(C)cc1CNc1cc(F)cc(F)c1F. The fourth-order valence-corrected chi connectivity index (χ4v) is 1.90. The van der Waals surface area contributed by atoms with Crippen molar-refractivity contribution in [3.8, 4) is 0 Å². The number of aromatic nitrogens is 2. The normalized spacial score (nSPS) is 10.8. The van der Waals surface area contributed by atoms with E-state index in [4.69, 9.17) is 0 Å². The van der Waals surface area contributed by atoms with Gasteiger partial charge in [-0.15, -0.1) is 0 Å². The lowest BCUT2D eigenvalue weighted by Gasteiger charge is -2.08. The molecule has 3 nitrogen and oxygen atoms in total. The Kier molecular flexibility index (Phi) is 3.78. The van der Waals surface area contributed by atoms with Gasteiger partial charge in [-0.2, -0.15) is 5.10 Å². The molecule has 2 rings (SSSR count). The zero-order chi connectivity index (χ0) is 14.0. The van der Waals surface area contributed by atoms with Gasteiger partial charge in [-0.05, 0) is 6.42 Å². The van der Waals surface area contributed by atoms with E-state index in [1.54, 1.807) is 17.9 Å². The van der Waals surface area contributed by atoms with Crippen molar-refractivity contribution in [1.82, 2.24) is 9.78 Å². The van der Waals surface area contributed by atoms with Gasteiger partial charge in [-0.1, -0.05) is 6.92 Å². The van der Waals surface area contributed by atoms with Crippen LogP contribution in [0.15, 0.2) is 18.3 Å². The number of hydrogen-bond donors (Lipinski definition) is 1. The van der Waals surface area contributed by atoms with Crippen LogP contribution in [-0.2, 0) is 20.0 Å². The van der Waals surface area contributed by atoms with Crippen LogP contribution in [0.25, 0.3) is 0 Å². The number of nitrogens with one attached hydrogen (secondary N) is 1. The van der Waals surface area contributed by atoms with E-state index in [1.165, 1.54) is 0 Å². The molecule has 102 valence electrons. The van der Waals surface area contributed by atoms with E-state index < -0.39 is 17.5 Å². The number of anilines is 1. The minimum absolute atomic E-state index is 0.191. The van der Waals surface area contributed by atoms with Gasteiger partial charge in [0.25, 0.3) is 0 Å². The summed E-state index contributed by atoms with van der Waals surface area (Å²) in [5.41, 5.74) is 1.55. The second-order valence-corrected chi connectivity index (χ2v) is 4.23. The number of rotatable bonds is 4. The van der Waals surface area contributed by atoms with Gasteiger partial charge in [0, 0.05) is 37.5 Å². The van der Waals surface area contributed by atoms with Crippen LogP contribution >= 0.6 is 0 Å². The molecule has 0 atom stereocenters. The standard InChI is InChI=1S/C13H14F3N3/c1-3-11-8(7-19(2)18-11)6-17-12-5-9(14)4-10(15)13(12)16/h4-5,7,17H,3,6H2,1-2H3. The third-order valence-corrected chi connectivity index (χ3v) is 2.79. The van der Waals surface area contributed by atoms with Gasteiger partial charge in [0.2, 0.25) is 0 Å². The third-order valence-electron chi connectivity index (χ3n) is 2.79. The molecule has 1 N–H and O–H groups in total. The van der Waals surface area contributed by atoms with Crippen LogP contribution < -0.4 is 5.32 Å². The van der Waals surface area contributed by atoms with Crippen LogP contribution in [0.5, 0.6) is 0 Å². The molecule has 0 aliphatic rings. The minimum Gasteiger partial charge on any atom is -0.378 e. The summed E-state index contributed by atoms with van der Waals surface area (Å²) >= 11 is 0. The Bertz CT molecular complexity index is 593. The summed E-state index contributed by atoms with van der Waals surface area (Å²) in [6.07, 6.45) is 2.53. The maximum absolute atomic E-state index is 13.4. The summed E-state index contributed by atoms with van der Waals surface area (Å²) in [6.45, 7) is 2.21. The fraction of sp³-hybridized carbons (Fsp3) is 0.308. The van der Waals surface area contributed by atoms with Crippen LogP contribution in [-0.4, -0.2) is 9.78 Å². The Hall–Kier alpha value is -1.98. The lowest BCUT2D eigenvalue weighted by molar-refractivity contribution is 0.497. The first-order chi connectivity index (χ1) is 9.01. The molecule has 1 aromatic heterocycles. The molecule has 0 unspecified atom stereocenters. The maximum atomic E-state index is 13.4. The Morgan fingerprint density at radius 1 is 1.26 bits per heavy atom. The van der Waals surface area contributed by atoms with Gasteiger partial charge in [0.15, 0.2) is 11.6 Å². The highest BCUT2D eigenvalue weighted by molar-refractivity contribution is 5.46. The third kappa shape index (κ3) is 2.89. The highest BCUT2D eigenvalue weighted by Crippen LogP contribution is 2.20. The van der Waals surface area contributed by atoms with Crippen LogP contribution in [0, 0.1) is 17.5 Å². The van der Waals surface area contributed by atoms with Crippen LogP contribution in [0.1, 0.15) is 18.2 Å². The molecule has 0 aliphatic heterocycles.